The summed E-state index contributed by atoms with van der Waals surface area (Å²) in [6.07, 6.45) is 4.09. The molecular weight excluding hydrogens is 566 g/mol. The third kappa shape index (κ3) is 8.43. The minimum atomic E-state index is -3.55. The first kappa shape index (κ1) is 30.7. The van der Waals surface area contributed by atoms with Gasteiger partial charge in [0.1, 0.15) is 11.8 Å². The Bertz CT molecular complexity index is 1470. The van der Waals surface area contributed by atoms with Crippen LogP contribution in [0, 0.1) is 0 Å². The van der Waals surface area contributed by atoms with Gasteiger partial charge in [-0.05, 0) is 73.1 Å². The van der Waals surface area contributed by atoms with Crippen LogP contribution in [-0.2, 0) is 37.3 Å². The summed E-state index contributed by atoms with van der Waals surface area (Å²) in [5.41, 5.74) is 2.41. The van der Waals surface area contributed by atoms with Crippen LogP contribution in [0.2, 0.25) is 0 Å². The number of rotatable bonds is 14. The van der Waals surface area contributed by atoms with E-state index in [1.807, 2.05) is 54.6 Å². The Hall–Kier alpha value is -3.73. The van der Waals surface area contributed by atoms with Crippen LogP contribution >= 0.6 is 0 Å². The van der Waals surface area contributed by atoms with Crippen LogP contribution in [0.3, 0.4) is 0 Å². The van der Waals surface area contributed by atoms with Crippen molar-refractivity contribution in [2.75, 3.05) is 20.3 Å². The number of benzene rings is 3. The van der Waals surface area contributed by atoms with Crippen LogP contribution in [0.15, 0.2) is 83.8 Å². The fourth-order valence-corrected chi connectivity index (χ4v) is 6.50. The van der Waals surface area contributed by atoms with E-state index in [1.54, 1.807) is 36.3 Å². The van der Waals surface area contributed by atoms with Gasteiger partial charge < -0.3 is 19.7 Å². The standard InChI is InChI=1S/C33H39N3O6S/c1-41-28-16-9-25(10-17-28)23-36(32(26-6-3-2-4-7-26)33(38)34-22-29-8-5-21-42-29)31(37)20-13-24-11-18-30(19-12-24)43(39,40)35-27-14-15-27/h2-4,6-7,9-12,16-19,27,29,32,35H,5,8,13-15,20-23H2,1H3,(H,34,38). The molecule has 43 heavy (non-hydrogen) atoms. The van der Waals surface area contributed by atoms with Crippen molar-refractivity contribution >= 4 is 21.8 Å². The summed E-state index contributed by atoms with van der Waals surface area (Å²) in [6, 6.07) is 22.6. The smallest absolute Gasteiger partial charge is 0.247 e. The Morgan fingerprint density at radius 1 is 0.953 bits per heavy atom. The molecule has 0 bridgehead atoms. The lowest BCUT2D eigenvalue weighted by Crippen LogP contribution is -2.45. The summed E-state index contributed by atoms with van der Waals surface area (Å²) in [6.45, 7) is 1.30. The van der Waals surface area contributed by atoms with E-state index in [0.29, 0.717) is 30.9 Å². The quantitative estimate of drug-likeness (QED) is 0.286. The van der Waals surface area contributed by atoms with Crippen molar-refractivity contribution in [2.24, 2.45) is 0 Å². The highest BCUT2D eigenvalue weighted by Gasteiger charge is 2.32. The topological polar surface area (TPSA) is 114 Å². The number of ether oxygens (including phenoxy) is 2. The van der Waals surface area contributed by atoms with Crippen LogP contribution in [0.25, 0.3) is 0 Å². The fraction of sp³-hybridized carbons (Fsp3) is 0.394. The molecule has 5 rings (SSSR count). The maximum absolute atomic E-state index is 14.0. The largest absolute Gasteiger partial charge is 0.497 e. The SMILES string of the molecule is COc1ccc(CN(C(=O)CCc2ccc(S(=O)(=O)NC3CC3)cc2)C(C(=O)NCC2CCCO2)c2ccccc2)cc1. The van der Waals surface area contributed by atoms with Crippen molar-refractivity contribution in [1.82, 2.24) is 14.9 Å². The van der Waals surface area contributed by atoms with Crippen molar-refractivity contribution in [2.45, 2.75) is 68.2 Å². The summed E-state index contributed by atoms with van der Waals surface area (Å²) in [5, 5.41) is 3.03. The molecule has 2 fully saturated rings. The molecule has 2 atom stereocenters. The molecule has 2 N–H and O–H groups in total. The molecule has 228 valence electrons. The number of hydrogen-bond donors (Lipinski definition) is 2. The van der Waals surface area contributed by atoms with Crippen molar-refractivity contribution in [1.29, 1.82) is 0 Å². The molecule has 0 aromatic heterocycles. The molecule has 9 nitrogen and oxygen atoms in total. The Morgan fingerprint density at radius 3 is 2.28 bits per heavy atom. The lowest BCUT2D eigenvalue weighted by molar-refractivity contribution is -0.141. The average molecular weight is 606 g/mol. The van der Waals surface area contributed by atoms with Crippen LogP contribution in [0.1, 0.15) is 54.8 Å². The van der Waals surface area contributed by atoms with Gasteiger partial charge in [-0.15, -0.1) is 0 Å². The summed E-state index contributed by atoms with van der Waals surface area (Å²) in [4.78, 5) is 29.6. The van der Waals surface area contributed by atoms with E-state index in [2.05, 4.69) is 10.0 Å². The Kier molecular flexibility index (Phi) is 10.1. The Morgan fingerprint density at radius 2 is 1.65 bits per heavy atom. The summed E-state index contributed by atoms with van der Waals surface area (Å²) in [7, 11) is -1.95. The summed E-state index contributed by atoms with van der Waals surface area (Å²) < 4.78 is 38.8. The zero-order valence-corrected chi connectivity index (χ0v) is 25.2. The van der Waals surface area contributed by atoms with Crippen molar-refractivity contribution in [3.05, 3.63) is 95.6 Å². The van der Waals surface area contributed by atoms with E-state index >= 15 is 0 Å². The number of nitrogens with zero attached hydrogens (tertiary/aromatic N) is 1. The highest BCUT2D eigenvalue weighted by Crippen LogP contribution is 2.27. The maximum Gasteiger partial charge on any atom is 0.247 e. The summed E-state index contributed by atoms with van der Waals surface area (Å²) in [5.74, 6) is 0.249. The molecule has 3 aromatic carbocycles. The molecular formula is C33H39N3O6S. The molecule has 1 saturated heterocycles. The van der Waals surface area contributed by atoms with Crippen LogP contribution in [0.4, 0.5) is 0 Å². The predicted molar refractivity (Wildman–Crippen MR) is 163 cm³/mol. The molecule has 0 spiro atoms. The van der Waals surface area contributed by atoms with Crippen LogP contribution < -0.4 is 14.8 Å². The summed E-state index contributed by atoms with van der Waals surface area (Å²) >= 11 is 0. The first-order valence-corrected chi connectivity index (χ1v) is 16.3. The van der Waals surface area contributed by atoms with E-state index in [9.17, 15) is 18.0 Å². The third-order valence-electron chi connectivity index (χ3n) is 7.80. The van der Waals surface area contributed by atoms with Gasteiger partial charge in [0.25, 0.3) is 0 Å². The number of carbonyl (C=O) groups excluding carboxylic acids is 2. The molecule has 1 aliphatic heterocycles. The normalized spacial score (nSPS) is 17.3. The van der Waals surface area contributed by atoms with E-state index < -0.39 is 16.1 Å². The van der Waals surface area contributed by atoms with Gasteiger partial charge >= 0.3 is 0 Å². The lowest BCUT2D eigenvalue weighted by atomic mass is 10.0. The Labute approximate surface area is 253 Å². The van der Waals surface area contributed by atoms with Gasteiger partial charge in [-0.1, -0.05) is 54.6 Å². The first-order valence-electron chi connectivity index (χ1n) is 14.8. The number of sulfonamides is 1. The molecule has 1 heterocycles. The van der Waals surface area contributed by atoms with Gasteiger partial charge in [-0.25, -0.2) is 13.1 Å². The molecule has 0 radical (unpaired) electrons. The van der Waals surface area contributed by atoms with E-state index in [4.69, 9.17) is 9.47 Å². The highest BCUT2D eigenvalue weighted by atomic mass is 32.2. The van der Waals surface area contributed by atoms with Gasteiger partial charge in [0.15, 0.2) is 0 Å². The van der Waals surface area contributed by atoms with Crippen molar-refractivity contribution < 1.29 is 27.5 Å². The monoisotopic (exact) mass is 605 g/mol. The lowest BCUT2D eigenvalue weighted by Gasteiger charge is -2.32. The van der Waals surface area contributed by atoms with Crippen LogP contribution in [-0.4, -0.2) is 57.5 Å². The first-order chi connectivity index (χ1) is 20.8. The van der Waals surface area contributed by atoms with E-state index in [1.165, 1.54) is 0 Å². The van der Waals surface area contributed by atoms with Crippen molar-refractivity contribution in [3.8, 4) is 5.75 Å². The predicted octanol–water partition coefficient (Wildman–Crippen LogP) is 4.13. The number of carbonyl (C=O) groups is 2. The number of amides is 2. The Balaban J connectivity index is 1.35. The second-order valence-electron chi connectivity index (χ2n) is 11.1. The number of hydrogen-bond acceptors (Lipinski definition) is 6. The molecule has 2 amide bonds. The van der Waals surface area contributed by atoms with E-state index in [-0.39, 0.29) is 41.8 Å². The number of aryl methyl sites for hydroxylation is 1. The van der Waals surface area contributed by atoms with E-state index in [0.717, 1.165) is 36.8 Å². The highest BCUT2D eigenvalue weighted by molar-refractivity contribution is 7.89. The number of methoxy groups -OCH3 is 1. The number of nitrogens with one attached hydrogen (secondary N) is 2. The van der Waals surface area contributed by atoms with Gasteiger partial charge in [0.2, 0.25) is 21.8 Å². The minimum Gasteiger partial charge on any atom is -0.497 e. The van der Waals surface area contributed by atoms with Gasteiger partial charge in [-0.3, -0.25) is 9.59 Å². The molecule has 2 unspecified atom stereocenters. The second kappa shape index (κ2) is 14.2. The minimum absolute atomic E-state index is 0.0273. The molecule has 3 aromatic rings. The molecule has 1 saturated carbocycles. The fourth-order valence-electron chi connectivity index (χ4n) is 5.19. The molecule has 1 aliphatic carbocycles. The third-order valence-corrected chi connectivity index (χ3v) is 9.33. The van der Waals surface area contributed by atoms with Gasteiger partial charge in [0, 0.05) is 32.2 Å². The average Bonchev–Trinajstić information content (AvgIpc) is 3.67. The zero-order chi connectivity index (χ0) is 30.2. The molecule has 2 aliphatic rings. The van der Waals surface area contributed by atoms with Gasteiger partial charge in [0.05, 0.1) is 18.1 Å². The molecule has 10 heteroatoms. The zero-order valence-electron chi connectivity index (χ0n) is 24.4. The van der Waals surface area contributed by atoms with Crippen molar-refractivity contribution in [3.63, 3.8) is 0 Å². The maximum atomic E-state index is 14.0. The van der Waals surface area contributed by atoms with Crippen LogP contribution in [0.5, 0.6) is 5.75 Å². The second-order valence-corrected chi connectivity index (χ2v) is 12.8. The van der Waals surface area contributed by atoms with Gasteiger partial charge in [-0.2, -0.15) is 0 Å².